The van der Waals surface area contributed by atoms with Gasteiger partial charge in [-0.15, -0.1) is 0 Å². The van der Waals surface area contributed by atoms with Crippen LogP contribution in [0, 0.1) is 5.92 Å². The molecule has 1 heterocycles. The van der Waals surface area contributed by atoms with Crippen molar-refractivity contribution < 1.29 is 0 Å². The van der Waals surface area contributed by atoms with E-state index in [-0.39, 0.29) is 0 Å². The summed E-state index contributed by atoms with van der Waals surface area (Å²) in [5.74, 6) is 0.920. The number of nitrogens with one attached hydrogen (secondary N) is 1. The van der Waals surface area contributed by atoms with Crippen LogP contribution in [0.3, 0.4) is 0 Å². The molecule has 78 valence electrons. The fourth-order valence-corrected chi connectivity index (χ4v) is 1.84. The zero-order valence-electron chi connectivity index (χ0n) is 9.34. The molecule has 0 aliphatic carbocycles. The first-order valence-electron chi connectivity index (χ1n) is 5.68. The molecule has 1 aliphatic heterocycles. The van der Waals surface area contributed by atoms with Crippen LogP contribution in [0.4, 0.5) is 0 Å². The lowest BCUT2D eigenvalue weighted by Gasteiger charge is -2.17. The minimum atomic E-state index is 0.681. The van der Waals surface area contributed by atoms with Gasteiger partial charge >= 0.3 is 0 Å². The molecule has 0 aromatic carbocycles. The largest absolute Gasteiger partial charge is 0.313 e. The van der Waals surface area contributed by atoms with Crippen LogP contribution in [0.2, 0.25) is 0 Å². The van der Waals surface area contributed by atoms with Gasteiger partial charge in [-0.25, -0.2) is 0 Å². The van der Waals surface area contributed by atoms with Crippen molar-refractivity contribution in [3.8, 4) is 0 Å². The van der Waals surface area contributed by atoms with Gasteiger partial charge in [0.25, 0.3) is 0 Å². The molecular formula is C11H24N2. The summed E-state index contributed by atoms with van der Waals surface area (Å²) in [5.41, 5.74) is 0. The van der Waals surface area contributed by atoms with E-state index in [4.69, 9.17) is 0 Å². The summed E-state index contributed by atoms with van der Waals surface area (Å²) in [6, 6.07) is 0.681. The second kappa shape index (κ2) is 5.61. The minimum absolute atomic E-state index is 0.681. The van der Waals surface area contributed by atoms with Gasteiger partial charge in [-0.1, -0.05) is 13.8 Å². The monoisotopic (exact) mass is 184 g/mol. The Morgan fingerprint density at radius 1 is 1.54 bits per heavy atom. The molecule has 0 saturated carbocycles. The van der Waals surface area contributed by atoms with Gasteiger partial charge in [0.1, 0.15) is 0 Å². The van der Waals surface area contributed by atoms with Crippen LogP contribution in [0.15, 0.2) is 0 Å². The third-order valence-electron chi connectivity index (χ3n) is 3.04. The Hall–Kier alpha value is -0.0800. The van der Waals surface area contributed by atoms with Gasteiger partial charge in [-0.2, -0.15) is 0 Å². The highest BCUT2D eigenvalue weighted by Crippen LogP contribution is 2.13. The number of likely N-dealkylation sites (tertiary alicyclic amines) is 1. The zero-order valence-corrected chi connectivity index (χ0v) is 9.34. The van der Waals surface area contributed by atoms with Crippen molar-refractivity contribution in [3.05, 3.63) is 0 Å². The van der Waals surface area contributed by atoms with E-state index in [9.17, 15) is 0 Å². The van der Waals surface area contributed by atoms with E-state index in [0.717, 1.165) is 12.5 Å². The number of hydrogen-bond acceptors (Lipinski definition) is 2. The lowest BCUT2D eigenvalue weighted by Crippen LogP contribution is -2.34. The average molecular weight is 184 g/mol. The Morgan fingerprint density at radius 3 is 2.85 bits per heavy atom. The van der Waals surface area contributed by atoms with Crippen LogP contribution >= 0.6 is 0 Å². The SMILES string of the molecule is CCC(C)NCCN1CCC(C)C1. The van der Waals surface area contributed by atoms with Gasteiger partial charge in [0.05, 0.1) is 0 Å². The lowest BCUT2D eigenvalue weighted by atomic mass is 10.2. The van der Waals surface area contributed by atoms with Crippen LogP contribution in [0.25, 0.3) is 0 Å². The quantitative estimate of drug-likeness (QED) is 0.700. The van der Waals surface area contributed by atoms with Gasteiger partial charge in [0, 0.05) is 25.7 Å². The van der Waals surface area contributed by atoms with E-state index in [1.54, 1.807) is 0 Å². The maximum absolute atomic E-state index is 3.53. The molecule has 1 N–H and O–H groups in total. The Balaban J connectivity index is 2.00. The first kappa shape index (κ1) is 11.0. The third-order valence-corrected chi connectivity index (χ3v) is 3.04. The van der Waals surface area contributed by atoms with Gasteiger partial charge in [0.15, 0.2) is 0 Å². The molecule has 1 saturated heterocycles. The molecule has 2 unspecified atom stereocenters. The number of rotatable bonds is 5. The summed E-state index contributed by atoms with van der Waals surface area (Å²) in [4.78, 5) is 2.57. The van der Waals surface area contributed by atoms with E-state index in [2.05, 4.69) is 31.0 Å². The first-order valence-corrected chi connectivity index (χ1v) is 5.68. The molecule has 1 fully saturated rings. The van der Waals surface area contributed by atoms with E-state index in [1.807, 2.05) is 0 Å². The normalized spacial score (nSPS) is 26.5. The fraction of sp³-hybridized carbons (Fsp3) is 1.00. The molecule has 1 aliphatic rings. The molecule has 2 heteroatoms. The van der Waals surface area contributed by atoms with Crippen molar-refractivity contribution in [1.29, 1.82) is 0 Å². The highest BCUT2D eigenvalue weighted by Gasteiger charge is 2.17. The van der Waals surface area contributed by atoms with Crippen molar-refractivity contribution in [3.63, 3.8) is 0 Å². The molecule has 0 amide bonds. The van der Waals surface area contributed by atoms with Crippen LogP contribution in [-0.4, -0.2) is 37.1 Å². The van der Waals surface area contributed by atoms with Crippen LogP contribution in [0.5, 0.6) is 0 Å². The van der Waals surface area contributed by atoms with E-state index in [0.29, 0.717) is 6.04 Å². The standard InChI is InChI=1S/C11H24N2/c1-4-11(3)12-6-8-13-7-5-10(2)9-13/h10-12H,4-9H2,1-3H3. The molecule has 1 rings (SSSR count). The fourth-order valence-electron chi connectivity index (χ4n) is 1.84. The predicted molar refractivity (Wildman–Crippen MR) is 58.0 cm³/mol. The topological polar surface area (TPSA) is 15.3 Å². The Kier molecular flexibility index (Phi) is 4.74. The minimum Gasteiger partial charge on any atom is -0.313 e. The molecule has 0 bridgehead atoms. The maximum Gasteiger partial charge on any atom is 0.0107 e. The van der Waals surface area contributed by atoms with Crippen molar-refractivity contribution in [1.82, 2.24) is 10.2 Å². The van der Waals surface area contributed by atoms with Gasteiger partial charge < -0.3 is 10.2 Å². The molecule has 2 nitrogen and oxygen atoms in total. The van der Waals surface area contributed by atoms with Crippen LogP contribution < -0.4 is 5.32 Å². The molecule has 13 heavy (non-hydrogen) atoms. The van der Waals surface area contributed by atoms with Crippen molar-refractivity contribution in [2.24, 2.45) is 5.92 Å². The van der Waals surface area contributed by atoms with Gasteiger partial charge in [-0.3, -0.25) is 0 Å². The van der Waals surface area contributed by atoms with Crippen molar-refractivity contribution in [2.45, 2.75) is 39.7 Å². The second-order valence-electron chi connectivity index (χ2n) is 4.46. The van der Waals surface area contributed by atoms with Crippen LogP contribution in [-0.2, 0) is 0 Å². The smallest absolute Gasteiger partial charge is 0.0107 e. The number of hydrogen-bond donors (Lipinski definition) is 1. The Morgan fingerprint density at radius 2 is 2.31 bits per heavy atom. The van der Waals surface area contributed by atoms with Crippen molar-refractivity contribution >= 4 is 0 Å². The Labute approximate surface area is 82.7 Å². The summed E-state index contributed by atoms with van der Waals surface area (Å²) in [7, 11) is 0. The maximum atomic E-state index is 3.53. The average Bonchev–Trinajstić information content (AvgIpc) is 2.51. The first-order chi connectivity index (χ1) is 6.22. The summed E-state index contributed by atoms with van der Waals surface area (Å²) in [6.45, 7) is 11.8. The highest BCUT2D eigenvalue weighted by atomic mass is 15.2. The summed E-state index contributed by atoms with van der Waals surface area (Å²) < 4.78 is 0. The van der Waals surface area contributed by atoms with E-state index < -0.39 is 0 Å². The summed E-state index contributed by atoms with van der Waals surface area (Å²) >= 11 is 0. The Bertz CT molecular complexity index is 136. The summed E-state index contributed by atoms with van der Waals surface area (Å²) in [5, 5.41) is 3.53. The lowest BCUT2D eigenvalue weighted by molar-refractivity contribution is 0.318. The summed E-state index contributed by atoms with van der Waals surface area (Å²) in [6.07, 6.45) is 2.62. The molecular weight excluding hydrogens is 160 g/mol. The van der Waals surface area contributed by atoms with Crippen LogP contribution in [0.1, 0.15) is 33.6 Å². The molecule has 2 atom stereocenters. The second-order valence-corrected chi connectivity index (χ2v) is 4.46. The van der Waals surface area contributed by atoms with E-state index >= 15 is 0 Å². The van der Waals surface area contributed by atoms with E-state index in [1.165, 1.54) is 32.5 Å². The zero-order chi connectivity index (χ0) is 9.68. The molecule has 0 aromatic rings. The molecule has 0 radical (unpaired) electrons. The van der Waals surface area contributed by atoms with Gasteiger partial charge in [0.2, 0.25) is 0 Å². The number of nitrogens with zero attached hydrogens (tertiary/aromatic N) is 1. The van der Waals surface area contributed by atoms with Gasteiger partial charge in [-0.05, 0) is 32.2 Å². The highest BCUT2D eigenvalue weighted by molar-refractivity contribution is 4.73. The predicted octanol–water partition coefficient (Wildman–Crippen LogP) is 1.72. The molecule has 0 aromatic heterocycles. The molecule has 0 spiro atoms. The third kappa shape index (κ3) is 4.10. The van der Waals surface area contributed by atoms with Crippen molar-refractivity contribution in [2.75, 3.05) is 26.2 Å².